The third-order valence-electron chi connectivity index (χ3n) is 12.4. The summed E-state index contributed by atoms with van der Waals surface area (Å²) >= 11 is 0. The molecule has 4 fully saturated rings. The number of piperazine rings is 1. The molecule has 3 aromatic rings. The minimum Gasteiger partial charge on any atom is -0.508 e. The molecule has 4 atom stereocenters. The maximum atomic E-state index is 15.8. The largest absolute Gasteiger partial charge is 0.508 e. The van der Waals surface area contributed by atoms with E-state index < -0.39 is 14.2 Å². The molecule has 0 aliphatic carbocycles. The number of ether oxygens (including phenoxy) is 1. The maximum Gasteiger partial charge on any atom is 0.321 e. The number of aromatic nitrogens is 3. The number of phenolic OH excluding ortho intramolecular Hbond substituents is 1. The molecular weight excluding hydrogens is 663 g/mol. The van der Waals surface area contributed by atoms with Gasteiger partial charge in [0.2, 0.25) is 5.95 Å². The number of rotatable bonds is 10. The van der Waals surface area contributed by atoms with Crippen LogP contribution in [0.5, 0.6) is 11.8 Å². The Morgan fingerprint density at radius 3 is 2.43 bits per heavy atom. The lowest BCUT2D eigenvalue weighted by Crippen LogP contribution is -2.51. The molecule has 2 aromatic carbocycles. The van der Waals surface area contributed by atoms with Crippen LogP contribution in [0, 0.1) is 17.3 Å². The first-order valence-electron chi connectivity index (χ1n) is 19.1. The molecule has 51 heavy (non-hydrogen) atoms. The first kappa shape index (κ1) is 36.0. The zero-order chi connectivity index (χ0) is 36.1. The SMILES string of the molecule is CC(C)[Si](C#Cc1c(F)ccc2cc(O)cc(CCc3nc(OC[C@@]45CCCN4C[C@H](F)C5)nc(N4CC5CCC(C4)N5)n3)c12)(C(C)C)C(C)C. The average Bonchev–Trinajstić information content (AvgIpc) is 3.73. The fourth-order valence-electron chi connectivity index (χ4n) is 9.99. The molecule has 4 aliphatic rings. The Morgan fingerprint density at radius 2 is 1.73 bits per heavy atom. The molecule has 2 N–H and O–H groups in total. The molecule has 11 heteroatoms. The van der Waals surface area contributed by atoms with Crippen molar-refractivity contribution in [1.29, 1.82) is 0 Å². The molecule has 0 amide bonds. The molecule has 8 nitrogen and oxygen atoms in total. The number of hydrogen-bond donors (Lipinski definition) is 2. The summed E-state index contributed by atoms with van der Waals surface area (Å²) in [4.78, 5) is 19.0. The van der Waals surface area contributed by atoms with Gasteiger partial charge in [0, 0.05) is 49.9 Å². The van der Waals surface area contributed by atoms with Crippen molar-refractivity contribution in [3.8, 4) is 23.2 Å². The molecular formula is C40H54F2N6O2Si. The van der Waals surface area contributed by atoms with Gasteiger partial charge < -0.3 is 20.1 Å². The molecule has 4 aliphatic heterocycles. The minimum absolute atomic E-state index is 0.123. The summed E-state index contributed by atoms with van der Waals surface area (Å²) in [6.07, 6.45) is 4.72. The highest BCUT2D eigenvalue weighted by molar-refractivity contribution is 6.90. The van der Waals surface area contributed by atoms with Crippen LogP contribution in [0.3, 0.4) is 0 Å². The Bertz CT molecular complexity index is 1790. The molecule has 0 spiro atoms. The van der Waals surface area contributed by atoms with Crippen molar-refractivity contribution in [3.05, 3.63) is 47.0 Å². The number of alkyl halides is 1. The first-order chi connectivity index (χ1) is 24.4. The van der Waals surface area contributed by atoms with Gasteiger partial charge in [-0.1, -0.05) is 53.5 Å². The lowest BCUT2D eigenvalue weighted by atomic mass is 9.95. The van der Waals surface area contributed by atoms with E-state index in [4.69, 9.17) is 19.7 Å². The Balaban J connectivity index is 1.22. The van der Waals surface area contributed by atoms with Crippen molar-refractivity contribution in [3.63, 3.8) is 0 Å². The van der Waals surface area contributed by atoms with E-state index >= 15 is 4.39 Å². The van der Waals surface area contributed by atoms with Gasteiger partial charge in [0.05, 0.1) is 11.1 Å². The standard InChI is InChI=1S/C40H54F2N6O2Si/c1-25(2)51(26(3)4,27(5)6)17-14-34-35(42)12-8-28-18-33(49)19-29(37(28)34)9-13-36-44-38(47-22-31-10-11-32(23-47)43-31)46-39(45-36)50-24-40-15-7-16-48(40)21-30(41)20-40/h8,12,18-19,25-27,30-32,43,49H,7,9-11,13,15-16,20-24H2,1-6H3/t30-,31?,32?,40+/m1/s1. The molecule has 1 aromatic heterocycles. The number of phenols is 1. The van der Waals surface area contributed by atoms with E-state index in [-0.39, 0.29) is 23.1 Å². The number of halogens is 2. The normalized spacial score (nSPS) is 24.9. The summed E-state index contributed by atoms with van der Waals surface area (Å²) in [7, 11) is -2.14. The predicted molar refractivity (Wildman–Crippen MR) is 201 cm³/mol. The Hall–Kier alpha value is -3.33. The van der Waals surface area contributed by atoms with Gasteiger partial charge in [-0.05, 0) is 84.4 Å². The van der Waals surface area contributed by atoms with E-state index in [2.05, 4.69) is 68.1 Å². The van der Waals surface area contributed by atoms with Crippen LogP contribution >= 0.6 is 0 Å². The summed E-state index contributed by atoms with van der Waals surface area (Å²) in [5.41, 5.74) is 5.82. The van der Waals surface area contributed by atoms with Crippen molar-refractivity contribution < 1.29 is 18.6 Å². The highest BCUT2D eigenvalue weighted by Crippen LogP contribution is 2.42. The van der Waals surface area contributed by atoms with Gasteiger partial charge >= 0.3 is 6.01 Å². The monoisotopic (exact) mass is 716 g/mol. The lowest BCUT2D eigenvalue weighted by Gasteiger charge is -2.38. The Labute approximate surface area is 302 Å². The molecule has 7 rings (SSSR count). The van der Waals surface area contributed by atoms with Gasteiger partial charge in [-0.2, -0.15) is 15.0 Å². The second-order valence-corrected chi connectivity index (χ2v) is 22.1. The van der Waals surface area contributed by atoms with Gasteiger partial charge in [-0.15, -0.1) is 5.54 Å². The van der Waals surface area contributed by atoms with Crippen LogP contribution in [0.1, 0.15) is 90.6 Å². The second kappa shape index (κ2) is 14.2. The third-order valence-corrected chi connectivity index (χ3v) is 18.7. The Kier molecular flexibility index (Phi) is 10.1. The van der Waals surface area contributed by atoms with E-state index in [1.165, 1.54) is 6.07 Å². The number of nitrogens with zero attached hydrogens (tertiary/aromatic N) is 5. The zero-order valence-electron chi connectivity index (χ0n) is 31.1. The van der Waals surface area contributed by atoms with Crippen LogP contribution in [0.15, 0.2) is 24.3 Å². The van der Waals surface area contributed by atoms with Crippen LogP contribution in [-0.4, -0.2) is 89.6 Å². The van der Waals surface area contributed by atoms with Crippen molar-refractivity contribution in [2.45, 2.75) is 127 Å². The predicted octanol–water partition coefficient (Wildman–Crippen LogP) is 7.12. The van der Waals surface area contributed by atoms with Gasteiger partial charge in [-0.25, -0.2) is 8.78 Å². The van der Waals surface area contributed by atoms with E-state index in [0.29, 0.717) is 78.5 Å². The molecule has 2 unspecified atom stereocenters. The van der Waals surface area contributed by atoms with Crippen LogP contribution in [-0.2, 0) is 12.8 Å². The number of nitrogens with one attached hydrogen (secondary N) is 1. The van der Waals surface area contributed by atoms with Gasteiger partial charge in [0.15, 0.2) is 0 Å². The summed E-state index contributed by atoms with van der Waals surface area (Å²) in [5.74, 6) is 4.33. The second-order valence-electron chi connectivity index (χ2n) is 16.5. The topological polar surface area (TPSA) is 86.6 Å². The summed E-state index contributed by atoms with van der Waals surface area (Å²) in [6.45, 7) is 16.8. The summed E-state index contributed by atoms with van der Waals surface area (Å²) in [6, 6.07) is 7.65. The number of benzene rings is 2. The molecule has 4 saturated heterocycles. The van der Waals surface area contributed by atoms with Crippen molar-refractivity contribution in [2.75, 3.05) is 37.7 Å². The molecule has 5 heterocycles. The van der Waals surface area contributed by atoms with Crippen LogP contribution in [0.2, 0.25) is 16.6 Å². The van der Waals surface area contributed by atoms with E-state index in [0.717, 1.165) is 61.7 Å². The quantitative estimate of drug-likeness (QED) is 0.170. The third kappa shape index (κ3) is 6.96. The lowest BCUT2D eigenvalue weighted by molar-refractivity contribution is 0.107. The van der Waals surface area contributed by atoms with Crippen molar-refractivity contribution >= 4 is 24.8 Å². The average molecular weight is 717 g/mol. The van der Waals surface area contributed by atoms with Gasteiger partial charge in [0.1, 0.15) is 38.2 Å². The first-order valence-corrected chi connectivity index (χ1v) is 21.3. The highest BCUT2D eigenvalue weighted by atomic mass is 28.3. The van der Waals surface area contributed by atoms with E-state index in [1.807, 2.05) is 0 Å². The summed E-state index contributed by atoms with van der Waals surface area (Å²) < 4.78 is 36.7. The van der Waals surface area contributed by atoms with Gasteiger partial charge in [-0.3, -0.25) is 4.90 Å². The fraction of sp³-hybridized carbons (Fsp3) is 0.625. The number of hydrogen-bond acceptors (Lipinski definition) is 8. The Morgan fingerprint density at radius 1 is 1.00 bits per heavy atom. The minimum atomic E-state index is -2.14. The van der Waals surface area contributed by atoms with Crippen LogP contribution in [0.4, 0.5) is 14.7 Å². The molecule has 0 saturated carbocycles. The zero-order valence-corrected chi connectivity index (χ0v) is 32.1. The molecule has 2 bridgehead atoms. The summed E-state index contributed by atoms with van der Waals surface area (Å²) in [5, 5.41) is 16.0. The van der Waals surface area contributed by atoms with E-state index in [1.54, 1.807) is 18.2 Å². The number of aromatic hydroxyl groups is 1. The van der Waals surface area contributed by atoms with Crippen molar-refractivity contribution in [1.82, 2.24) is 25.2 Å². The number of fused-ring (bicyclic) bond motifs is 4. The van der Waals surface area contributed by atoms with Crippen LogP contribution < -0.4 is 15.0 Å². The van der Waals surface area contributed by atoms with Crippen molar-refractivity contribution in [2.24, 2.45) is 0 Å². The fourth-order valence-corrected chi connectivity index (χ4v) is 15.2. The number of anilines is 1. The van der Waals surface area contributed by atoms with Gasteiger partial charge in [0.25, 0.3) is 0 Å². The maximum absolute atomic E-state index is 15.8. The number of aryl methyl sites for hydroxylation is 2. The smallest absolute Gasteiger partial charge is 0.321 e. The van der Waals surface area contributed by atoms with E-state index in [9.17, 15) is 9.50 Å². The molecule has 0 radical (unpaired) electrons. The highest BCUT2D eigenvalue weighted by Gasteiger charge is 2.49. The van der Waals surface area contributed by atoms with Crippen LogP contribution in [0.25, 0.3) is 10.8 Å². The molecule has 274 valence electrons.